The van der Waals surface area contributed by atoms with E-state index in [9.17, 15) is 9.59 Å². The zero-order chi connectivity index (χ0) is 24.5. The summed E-state index contributed by atoms with van der Waals surface area (Å²) < 4.78 is 7.21. The van der Waals surface area contributed by atoms with E-state index in [0.717, 1.165) is 37.2 Å². The first-order valence-corrected chi connectivity index (χ1v) is 12.8. The summed E-state index contributed by atoms with van der Waals surface area (Å²) in [5.41, 5.74) is 1.77. The molecule has 1 amide bonds. The minimum absolute atomic E-state index is 0.190. The molecule has 2 fully saturated rings. The Bertz CT molecular complexity index is 1380. The Morgan fingerprint density at radius 1 is 1.14 bits per heavy atom. The Labute approximate surface area is 213 Å². The highest BCUT2D eigenvalue weighted by Crippen LogP contribution is 2.35. The highest BCUT2D eigenvalue weighted by Gasteiger charge is 2.33. The summed E-state index contributed by atoms with van der Waals surface area (Å²) in [6, 6.07) is 13.0. The van der Waals surface area contributed by atoms with E-state index in [2.05, 4.69) is 11.8 Å². The Morgan fingerprint density at radius 3 is 2.60 bits per heavy atom. The molecule has 7 nitrogen and oxygen atoms in total. The fourth-order valence-electron chi connectivity index (χ4n) is 4.36. The van der Waals surface area contributed by atoms with Gasteiger partial charge in [0.05, 0.1) is 24.1 Å². The lowest BCUT2D eigenvalue weighted by Crippen LogP contribution is -2.36. The fourth-order valence-corrected chi connectivity index (χ4v) is 5.60. The number of rotatable bonds is 5. The molecule has 0 aliphatic carbocycles. The summed E-state index contributed by atoms with van der Waals surface area (Å²) in [5, 5.41) is 0. The van der Waals surface area contributed by atoms with Gasteiger partial charge in [-0.3, -0.25) is 18.9 Å². The van der Waals surface area contributed by atoms with E-state index in [1.807, 2.05) is 36.4 Å². The van der Waals surface area contributed by atoms with Gasteiger partial charge in [0.25, 0.3) is 11.5 Å². The Morgan fingerprint density at radius 2 is 1.89 bits per heavy atom. The van der Waals surface area contributed by atoms with Crippen molar-refractivity contribution in [3.8, 4) is 5.75 Å². The molecule has 0 saturated carbocycles. The average molecular weight is 507 g/mol. The number of hydrogen-bond acceptors (Lipinski definition) is 7. The number of benzene rings is 1. The van der Waals surface area contributed by atoms with E-state index in [1.54, 1.807) is 30.3 Å². The van der Waals surface area contributed by atoms with E-state index in [4.69, 9.17) is 21.9 Å². The first-order chi connectivity index (χ1) is 16.9. The maximum absolute atomic E-state index is 13.5. The van der Waals surface area contributed by atoms with Crippen molar-refractivity contribution in [2.45, 2.75) is 26.3 Å². The Balaban J connectivity index is 1.51. The van der Waals surface area contributed by atoms with Crippen LogP contribution in [0.5, 0.6) is 5.75 Å². The van der Waals surface area contributed by atoms with Crippen LogP contribution in [0.4, 0.5) is 5.82 Å². The monoisotopic (exact) mass is 506 g/mol. The van der Waals surface area contributed by atoms with Crippen LogP contribution in [0.2, 0.25) is 0 Å². The number of ether oxygens (including phenoxy) is 1. The molecule has 1 aromatic carbocycles. The van der Waals surface area contributed by atoms with Crippen molar-refractivity contribution >= 4 is 51.7 Å². The second kappa shape index (κ2) is 9.83. The number of amides is 1. The van der Waals surface area contributed by atoms with Gasteiger partial charge < -0.3 is 9.64 Å². The molecule has 9 heteroatoms. The molecule has 2 aliphatic heterocycles. The highest BCUT2D eigenvalue weighted by molar-refractivity contribution is 8.26. The van der Waals surface area contributed by atoms with Gasteiger partial charge in [0.15, 0.2) is 0 Å². The molecule has 2 aliphatic rings. The minimum atomic E-state index is -0.202. The van der Waals surface area contributed by atoms with Crippen molar-refractivity contribution in [3.63, 3.8) is 0 Å². The standard InChI is InChI=1S/C26H26N4O3S2/c1-17-10-13-28(14-11-17)23-20(24(31)29-12-4-3-5-22(29)27-23)15-21-25(32)30(26(34)35-21)16-18-6-8-19(33-2)9-7-18/h3-9,12,15,17H,10-11,13-14,16H2,1-2H3. The molecule has 0 radical (unpaired) electrons. The van der Waals surface area contributed by atoms with Crippen LogP contribution < -0.4 is 15.2 Å². The molecule has 2 aromatic heterocycles. The van der Waals surface area contributed by atoms with Crippen LogP contribution in [-0.2, 0) is 11.3 Å². The number of piperidine rings is 1. The number of thiocarbonyl (C=S) groups is 1. The summed E-state index contributed by atoms with van der Waals surface area (Å²) in [7, 11) is 1.62. The third kappa shape index (κ3) is 4.70. The first-order valence-electron chi connectivity index (χ1n) is 11.6. The molecule has 35 heavy (non-hydrogen) atoms. The van der Waals surface area contributed by atoms with E-state index >= 15 is 0 Å². The maximum atomic E-state index is 13.5. The smallest absolute Gasteiger partial charge is 0.267 e. The summed E-state index contributed by atoms with van der Waals surface area (Å²) >= 11 is 6.76. The normalized spacial score (nSPS) is 18.2. The topological polar surface area (TPSA) is 67.2 Å². The second-order valence-electron chi connectivity index (χ2n) is 8.87. The van der Waals surface area contributed by atoms with E-state index in [0.29, 0.717) is 38.7 Å². The van der Waals surface area contributed by atoms with Gasteiger partial charge in [0, 0.05) is 19.3 Å². The fraction of sp³-hybridized carbons (Fsp3) is 0.308. The van der Waals surface area contributed by atoms with Gasteiger partial charge in [-0.1, -0.05) is 49.1 Å². The number of anilines is 1. The second-order valence-corrected chi connectivity index (χ2v) is 10.5. The van der Waals surface area contributed by atoms with Crippen LogP contribution in [0.3, 0.4) is 0 Å². The van der Waals surface area contributed by atoms with Gasteiger partial charge in [-0.2, -0.15) is 0 Å². The molecule has 4 heterocycles. The third-order valence-electron chi connectivity index (χ3n) is 6.48. The number of aromatic nitrogens is 2. The molecule has 2 saturated heterocycles. The molecule has 3 aromatic rings. The van der Waals surface area contributed by atoms with Gasteiger partial charge in [0.2, 0.25) is 0 Å². The van der Waals surface area contributed by atoms with E-state index < -0.39 is 0 Å². The number of nitrogens with zero attached hydrogens (tertiary/aromatic N) is 4. The quantitative estimate of drug-likeness (QED) is 0.377. The van der Waals surface area contributed by atoms with Crippen LogP contribution >= 0.6 is 24.0 Å². The van der Waals surface area contributed by atoms with Crippen molar-refractivity contribution in [1.29, 1.82) is 0 Å². The molecule has 0 bridgehead atoms. The Kier molecular flexibility index (Phi) is 6.62. The number of carbonyl (C=O) groups is 1. The predicted molar refractivity (Wildman–Crippen MR) is 144 cm³/mol. The maximum Gasteiger partial charge on any atom is 0.267 e. The molecule has 0 N–H and O–H groups in total. The molecule has 0 spiro atoms. The molecule has 180 valence electrons. The van der Waals surface area contributed by atoms with Crippen molar-refractivity contribution in [1.82, 2.24) is 14.3 Å². The summed E-state index contributed by atoms with van der Waals surface area (Å²) in [5.74, 6) is 1.83. The van der Waals surface area contributed by atoms with Crippen LogP contribution in [0, 0.1) is 5.92 Å². The largest absolute Gasteiger partial charge is 0.497 e. The number of thioether (sulfide) groups is 1. The zero-order valence-electron chi connectivity index (χ0n) is 19.6. The molecular formula is C26H26N4O3S2. The summed E-state index contributed by atoms with van der Waals surface area (Å²) in [4.78, 5) is 35.9. The number of fused-ring (bicyclic) bond motifs is 1. The van der Waals surface area contributed by atoms with Gasteiger partial charge in [-0.05, 0) is 54.7 Å². The lowest BCUT2D eigenvalue weighted by molar-refractivity contribution is -0.122. The van der Waals surface area contributed by atoms with E-state index in [-0.39, 0.29) is 11.5 Å². The van der Waals surface area contributed by atoms with Crippen molar-refractivity contribution in [2.75, 3.05) is 25.1 Å². The minimum Gasteiger partial charge on any atom is -0.497 e. The lowest BCUT2D eigenvalue weighted by Gasteiger charge is -2.32. The van der Waals surface area contributed by atoms with Gasteiger partial charge in [0.1, 0.15) is 21.5 Å². The zero-order valence-corrected chi connectivity index (χ0v) is 21.3. The van der Waals surface area contributed by atoms with Crippen LogP contribution in [-0.4, -0.2) is 44.7 Å². The third-order valence-corrected chi connectivity index (χ3v) is 7.86. The molecule has 5 rings (SSSR count). The Hall–Kier alpha value is -3.17. The van der Waals surface area contributed by atoms with Gasteiger partial charge in [-0.15, -0.1) is 0 Å². The highest BCUT2D eigenvalue weighted by atomic mass is 32.2. The number of carbonyl (C=O) groups excluding carboxylic acids is 1. The molecular weight excluding hydrogens is 480 g/mol. The molecule has 0 atom stereocenters. The van der Waals surface area contributed by atoms with Crippen LogP contribution in [0.25, 0.3) is 11.7 Å². The van der Waals surface area contributed by atoms with Crippen molar-refractivity contribution < 1.29 is 9.53 Å². The van der Waals surface area contributed by atoms with Crippen LogP contribution in [0.15, 0.2) is 58.4 Å². The predicted octanol–water partition coefficient (Wildman–Crippen LogP) is 4.34. The van der Waals surface area contributed by atoms with Crippen LogP contribution in [0.1, 0.15) is 30.9 Å². The first kappa shape index (κ1) is 23.6. The summed E-state index contributed by atoms with van der Waals surface area (Å²) in [6.07, 6.45) is 5.47. The molecule has 0 unspecified atom stereocenters. The number of hydrogen-bond donors (Lipinski definition) is 0. The van der Waals surface area contributed by atoms with Crippen molar-refractivity contribution in [3.05, 3.63) is 75.0 Å². The average Bonchev–Trinajstić information content (AvgIpc) is 3.14. The SMILES string of the molecule is COc1ccc(CN2C(=O)C(=Cc3c(N4CCC(C)CC4)nc4ccccn4c3=O)SC2=S)cc1. The lowest BCUT2D eigenvalue weighted by atomic mass is 9.99. The summed E-state index contributed by atoms with van der Waals surface area (Å²) in [6.45, 7) is 4.26. The number of methoxy groups -OCH3 is 1. The number of pyridine rings is 1. The van der Waals surface area contributed by atoms with Crippen molar-refractivity contribution in [2.24, 2.45) is 5.92 Å². The van der Waals surface area contributed by atoms with E-state index in [1.165, 1.54) is 16.2 Å². The van der Waals surface area contributed by atoms with Gasteiger partial charge in [-0.25, -0.2) is 4.98 Å². The van der Waals surface area contributed by atoms with Gasteiger partial charge >= 0.3 is 0 Å².